The van der Waals surface area contributed by atoms with Gasteiger partial charge in [0.2, 0.25) is 0 Å². The topological polar surface area (TPSA) is 106 Å². The van der Waals surface area contributed by atoms with Crippen molar-refractivity contribution in [2.45, 2.75) is 18.8 Å². The van der Waals surface area contributed by atoms with E-state index in [0.717, 1.165) is 5.56 Å². The molecule has 1 atom stereocenters. The molecule has 1 heterocycles. The van der Waals surface area contributed by atoms with Crippen LogP contribution in [0.4, 0.5) is 0 Å². The Labute approximate surface area is 143 Å². The zero-order chi connectivity index (χ0) is 18.1. The van der Waals surface area contributed by atoms with Crippen LogP contribution >= 0.6 is 0 Å². The molecule has 25 heavy (non-hydrogen) atoms. The number of benzene rings is 1. The van der Waals surface area contributed by atoms with Gasteiger partial charge in [0.1, 0.15) is 17.1 Å². The average molecular weight is 343 g/mol. The minimum atomic E-state index is -1.35. The second-order valence-corrected chi connectivity index (χ2v) is 5.85. The van der Waals surface area contributed by atoms with E-state index in [1.807, 2.05) is 6.07 Å². The highest BCUT2D eigenvalue weighted by molar-refractivity contribution is 6.00. The maximum absolute atomic E-state index is 12.5. The number of nitrogens with one attached hydrogen (secondary N) is 1. The first-order chi connectivity index (χ1) is 11.9. The van der Waals surface area contributed by atoms with Gasteiger partial charge >= 0.3 is 5.97 Å². The highest BCUT2D eigenvalue weighted by Crippen LogP contribution is 2.37. The van der Waals surface area contributed by atoms with Crippen molar-refractivity contribution in [3.05, 3.63) is 57.0 Å². The normalized spacial score (nSPS) is 16.2. The Balaban J connectivity index is 2.02. The van der Waals surface area contributed by atoms with Gasteiger partial charge in [-0.1, -0.05) is 6.07 Å². The zero-order valence-electron chi connectivity index (χ0n) is 13.8. The second kappa shape index (κ2) is 6.43. The van der Waals surface area contributed by atoms with Crippen LogP contribution < -0.4 is 15.0 Å². The molecule has 1 aliphatic rings. The van der Waals surface area contributed by atoms with Crippen LogP contribution in [0.1, 0.15) is 44.3 Å². The molecular formula is C18H17NO6. The van der Waals surface area contributed by atoms with Gasteiger partial charge in [-0.3, -0.25) is 9.59 Å². The average Bonchev–Trinajstić information content (AvgIpc) is 2.60. The van der Waals surface area contributed by atoms with Crippen molar-refractivity contribution in [2.75, 3.05) is 14.2 Å². The van der Waals surface area contributed by atoms with Gasteiger partial charge in [0.05, 0.1) is 14.2 Å². The predicted molar refractivity (Wildman–Crippen MR) is 89.0 cm³/mol. The molecule has 1 aromatic heterocycles. The molecule has 0 spiro atoms. The third kappa shape index (κ3) is 3.00. The minimum absolute atomic E-state index is 0.174. The number of Topliss-reactive ketones (excluding diaryl/α,β-unsaturated/α-hetero) is 1. The van der Waals surface area contributed by atoms with Gasteiger partial charge in [0, 0.05) is 29.7 Å². The van der Waals surface area contributed by atoms with E-state index in [1.165, 1.54) is 13.2 Å². The lowest BCUT2D eigenvalue weighted by Crippen LogP contribution is -2.27. The number of fused-ring (bicyclic) bond motifs is 1. The van der Waals surface area contributed by atoms with Crippen molar-refractivity contribution >= 4 is 11.8 Å². The van der Waals surface area contributed by atoms with Gasteiger partial charge in [0.15, 0.2) is 5.78 Å². The Morgan fingerprint density at radius 1 is 1.16 bits per heavy atom. The summed E-state index contributed by atoms with van der Waals surface area (Å²) in [6, 6.07) is 6.53. The highest BCUT2D eigenvalue weighted by Gasteiger charge is 2.30. The predicted octanol–water partition coefficient (Wildman–Crippen LogP) is 2.00. The molecule has 0 aliphatic heterocycles. The molecule has 0 fully saturated rings. The number of H-pyrrole nitrogens is 1. The molecule has 0 saturated carbocycles. The number of aromatic amines is 1. The summed E-state index contributed by atoms with van der Waals surface area (Å²) in [5.74, 6) is -0.487. The van der Waals surface area contributed by atoms with Crippen LogP contribution in [-0.4, -0.2) is 36.1 Å². The summed E-state index contributed by atoms with van der Waals surface area (Å²) >= 11 is 0. The number of carbonyl (C=O) groups excluding carboxylic acids is 1. The number of carbonyl (C=O) groups is 2. The first kappa shape index (κ1) is 16.8. The number of ketones is 1. The Bertz CT molecular complexity index is 914. The van der Waals surface area contributed by atoms with Crippen molar-refractivity contribution in [2.24, 2.45) is 0 Å². The fourth-order valence-corrected chi connectivity index (χ4v) is 3.17. The van der Waals surface area contributed by atoms with Crippen LogP contribution in [0, 0.1) is 0 Å². The maximum Gasteiger partial charge on any atom is 0.341 e. The third-order valence-corrected chi connectivity index (χ3v) is 4.42. The number of aromatic nitrogens is 1. The number of pyridine rings is 1. The number of aromatic carboxylic acids is 1. The lowest BCUT2D eigenvalue weighted by atomic mass is 9.81. The van der Waals surface area contributed by atoms with E-state index in [-0.39, 0.29) is 23.7 Å². The number of ether oxygens (including phenoxy) is 2. The largest absolute Gasteiger partial charge is 0.497 e. The Morgan fingerprint density at radius 3 is 2.56 bits per heavy atom. The number of carboxylic acids is 1. The molecule has 0 radical (unpaired) electrons. The number of hydrogen-bond donors (Lipinski definition) is 2. The first-order valence-corrected chi connectivity index (χ1v) is 7.69. The Kier molecular flexibility index (Phi) is 4.31. The SMILES string of the molecule is COc1ccc([C@H]2CC(=O)c3cc(C(=O)O)c(=O)[nH]c3C2)c(OC)c1. The first-order valence-electron chi connectivity index (χ1n) is 7.69. The number of carboxylic acid groups (broad SMARTS) is 1. The molecule has 0 unspecified atom stereocenters. The van der Waals surface area contributed by atoms with Crippen LogP contribution in [0.15, 0.2) is 29.1 Å². The summed E-state index contributed by atoms with van der Waals surface area (Å²) in [5, 5.41) is 9.04. The van der Waals surface area contributed by atoms with Crippen molar-refractivity contribution in [1.82, 2.24) is 4.98 Å². The minimum Gasteiger partial charge on any atom is -0.497 e. The smallest absolute Gasteiger partial charge is 0.341 e. The van der Waals surface area contributed by atoms with Crippen LogP contribution in [0.2, 0.25) is 0 Å². The summed E-state index contributed by atoms with van der Waals surface area (Å²) in [6.45, 7) is 0. The number of methoxy groups -OCH3 is 2. The number of hydrogen-bond acceptors (Lipinski definition) is 5. The van der Waals surface area contributed by atoms with E-state index in [0.29, 0.717) is 23.6 Å². The fraction of sp³-hybridized carbons (Fsp3) is 0.278. The van der Waals surface area contributed by atoms with E-state index >= 15 is 0 Å². The fourth-order valence-electron chi connectivity index (χ4n) is 3.17. The molecule has 7 heteroatoms. The van der Waals surface area contributed by atoms with Gasteiger partial charge in [-0.25, -0.2) is 4.79 Å². The van der Waals surface area contributed by atoms with Gasteiger partial charge in [-0.15, -0.1) is 0 Å². The summed E-state index contributed by atoms with van der Waals surface area (Å²) in [7, 11) is 3.09. The lowest BCUT2D eigenvalue weighted by Gasteiger charge is -2.25. The van der Waals surface area contributed by atoms with E-state index in [2.05, 4.69) is 4.98 Å². The molecule has 2 N–H and O–H groups in total. The molecule has 2 aromatic rings. The van der Waals surface area contributed by atoms with Crippen LogP contribution in [0.5, 0.6) is 11.5 Å². The monoisotopic (exact) mass is 343 g/mol. The summed E-state index contributed by atoms with van der Waals surface area (Å²) in [5.41, 5.74) is 0.425. The molecule has 1 aliphatic carbocycles. The van der Waals surface area contributed by atoms with Crippen molar-refractivity contribution < 1.29 is 24.2 Å². The Morgan fingerprint density at radius 2 is 1.92 bits per heavy atom. The summed E-state index contributed by atoms with van der Waals surface area (Å²) in [6.07, 6.45) is 0.625. The quantitative estimate of drug-likeness (QED) is 0.879. The molecule has 0 bridgehead atoms. The van der Waals surface area contributed by atoms with Gasteiger partial charge < -0.3 is 19.6 Å². The zero-order valence-corrected chi connectivity index (χ0v) is 13.8. The van der Waals surface area contributed by atoms with Crippen LogP contribution in [0.3, 0.4) is 0 Å². The van der Waals surface area contributed by atoms with Crippen molar-refractivity contribution in [3.8, 4) is 11.5 Å². The van der Waals surface area contributed by atoms with E-state index in [4.69, 9.17) is 14.6 Å². The summed E-state index contributed by atoms with van der Waals surface area (Å²) < 4.78 is 10.6. The molecule has 7 nitrogen and oxygen atoms in total. The maximum atomic E-state index is 12.5. The molecular weight excluding hydrogens is 326 g/mol. The lowest BCUT2D eigenvalue weighted by molar-refractivity contribution is 0.0695. The second-order valence-electron chi connectivity index (χ2n) is 5.85. The van der Waals surface area contributed by atoms with Crippen LogP contribution in [-0.2, 0) is 6.42 Å². The third-order valence-electron chi connectivity index (χ3n) is 4.42. The summed E-state index contributed by atoms with van der Waals surface area (Å²) in [4.78, 5) is 38.0. The van der Waals surface area contributed by atoms with Gasteiger partial charge in [0.25, 0.3) is 5.56 Å². The van der Waals surface area contributed by atoms with E-state index < -0.39 is 17.1 Å². The molecule has 3 rings (SSSR count). The standard InChI is InChI=1S/C18H17NO6/c1-24-10-3-4-11(16(7-10)25-2)9-5-14-12(15(20)6-9)8-13(18(22)23)17(21)19-14/h3-4,7-9H,5-6H2,1-2H3,(H,19,21)(H,22,23)/t9-/m1/s1. The molecule has 0 amide bonds. The van der Waals surface area contributed by atoms with Gasteiger partial charge in [-0.05, 0) is 24.1 Å². The van der Waals surface area contributed by atoms with Gasteiger partial charge in [-0.2, -0.15) is 0 Å². The number of rotatable bonds is 4. The highest BCUT2D eigenvalue weighted by atomic mass is 16.5. The molecule has 1 aromatic carbocycles. The van der Waals surface area contributed by atoms with Crippen LogP contribution in [0.25, 0.3) is 0 Å². The van der Waals surface area contributed by atoms with E-state index in [9.17, 15) is 14.4 Å². The van der Waals surface area contributed by atoms with Crippen molar-refractivity contribution in [1.29, 1.82) is 0 Å². The molecule has 130 valence electrons. The van der Waals surface area contributed by atoms with E-state index in [1.54, 1.807) is 19.2 Å². The van der Waals surface area contributed by atoms with Crippen molar-refractivity contribution in [3.63, 3.8) is 0 Å². The molecule has 0 saturated heterocycles. The Hall–Kier alpha value is -3.09.